The number of aliphatic carboxylic acids is 2. The van der Waals surface area contributed by atoms with E-state index in [1.807, 2.05) is 0 Å². The first-order valence-electron chi connectivity index (χ1n) is 22.0. The summed E-state index contributed by atoms with van der Waals surface area (Å²) in [5, 5.41) is 34.4. The van der Waals surface area contributed by atoms with E-state index in [-0.39, 0.29) is 62.4 Å². The van der Waals surface area contributed by atoms with Crippen molar-refractivity contribution in [1.29, 1.82) is 0 Å². The van der Waals surface area contributed by atoms with Crippen molar-refractivity contribution in [3.8, 4) is 0 Å². The summed E-state index contributed by atoms with van der Waals surface area (Å²) in [4.78, 5) is 123. The summed E-state index contributed by atoms with van der Waals surface area (Å²) in [5.74, 6) is -8.58. The second kappa shape index (κ2) is 29.0. The molecule has 0 saturated carbocycles. The highest BCUT2D eigenvalue weighted by molar-refractivity contribution is 5.98. The van der Waals surface area contributed by atoms with Crippen molar-refractivity contribution in [2.45, 2.75) is 154 Å². The van der Waals surface area contributed by atoms with Crippen molar-refractivity contribution >= 4 is 59.2 Å². The van der Waals surface area contributed by atoms with Crippen LogP contribution in [0.4, 0.5) is 0 Å². The summed E-state index contributed by atoms with van der Waals surface area (Å²) in [6, 6.07) is -8.52. The Morgan fingerprint density at radius 1 is 0.672 bits per heavy atom. The van der Waals surface area contributed by atoms with Crippen molar-refractivity contribution in [2.24, 2.45) is 45.7 Å². The molecule has 0 aromatic heterocycles. The molecule has 0 unspecified atom stereocenters. The van der Waals surface area contributed by atoms with Gasteiger partial charge in [-0.15, -0.1) is 0 Å². The molecular formula is C41H74N12O11. The highest BCUT2D eigenvalue weighted by Gasteiger charge is 2.37. The highest BCUT2D eigenvalue weighted by atomic mass is 16.4. The number of guanidine groups is 1. The predicted molar refractivity (Wildman–Crippen MR) is 236 cm³/mol. The van der Waals surface area contributed by atoms with Crippen LogP contribution in [0.15, 0.2) is 4.99 Å². The molecule has 0 aliphatic carbocycles. The first-order valence-corrected chi connectivity index (χ1v) is 22.0. The fourth-order valence-corrected chi connectivity index (χ4v) is 7.02. The largest absolute Gasteiger partial charge is 0.481 e. The molecule has 0 spiro atoms. The van der Waals surface area contributed by atoms with Gasteiger partial charge in [-0.05, 0) is 88.5 Å². The van der Waals surface area contributed by atoms with Gasteiger partial charge in [0, 0.05) is 13.1 Å². The fraction of sp³-hybridized carbons (Fsp3) is 0.756. The van der Waals surface area contributed by atoms with Crippen molar-refractivity contribution in [3.05, 3.63) is 0 Å². The summed E-state index contributed by atoms with van der Waals surface area (Å²) in [7, 11) is 0. The molecule has 1 aliphatic rings. The van der Waals surface area contributed by atoms with E-state index >= 15 is 0 Å². The molecule has 1 rings (SSSR count). The second-order valence-electron chi connectivity index (χ2n) is 17.4. The lowest BCUT2D eigenvalue weighted by atomic mass is 9.99. The Morgan fingerprint density at radius 2 is 1.16 bits per heavy atom. The van der Waals surface area contributed by atoms with Crippen LogP contribution in [0.25, 0.3) is 0 Å². The predicted octanol–water partition coefficient (Wildman–Crippen LogP) is -2.27. The Labute approximate surface area is 375 Å². The second-order valence-corrected chi connectivity index (χ2v) is 17.4. The number of hydrogen-bond donors (Lipinski definition) is 12. The molecule has 7 amide bonds. The van der Waals surface area contributed by atoms with Crippen LogP contribution in [-0.4, -0.2) is 143 Å². The molecule has 16 N–H and O–H groups in total. The highest BCUT2D eigenvalue weighted by Crippen LogP contribution is 2.19. The molecule has 64 heavy (non-hydrogen) atoms. The molecule has 0 aromatic rings. The third kappa shape index (κ3) is 21.7. The number of carbonyl (C=O) groups excluding carboxylic acids is 7. The number of carboxylic acid groups (broad SMARTS) is 2. The van der Waals surface area contributed by atoms with Crippen LogP contribution < -0.4 is 54.8 Å². The smallest absolute Gasteiger partial charge is 0.326 e. The Bertz CT molecular complexity index is 1620. The van der Waals surface area contributed by atoms with Gasteiger partial charge in [0.1, 0.15) is 36.3 Å². The minimum absolute atomic E-state index is 0.0348. The number of rotatable bonds is 30. The van der Waals surface area contributed by atoms with E-state index in [1.165, 1.54) is 4.90 Å². The maximum absolute atomic E-state index is 13.8. The Kier molecular flexibility index (Phi) is 25.6. The van der Waals surface area contributed by atoms with Crippen LogP contribution in [0, 0.1) is 17.8 Å². The van der Waals surface area contributed by atoms with Gasteiger partial charge in [0.2, 0.25) is 41.4 Å². The number of unbranched alkanes of at least 4 members (excludes halogenated alkanes) is 1. The van der Waals surface area contributed by atoms with Crippen molar-refractivity contribution in [2.75, 3.05) is 26.2 Å². The Morgan fingerprint density at radius 3 is 1.62 bits per heavy atom. The number of amides is 7. The summed E-state index contributed by atoms with van der Waals surface area (Å²) >= 11 is 0. The van der Waals surface area contributed by atoms with Crippen LogP contribution in [0.3, 0.4) is 0 Å². The third-order valence-electron chi connectivity index (χ3n) is 10.2. The normalized spacial score (nSPS) is 16.4. The lowest BCUT2D eigenvalue weighted by molar-refractivity contribution is -0.143. The van der Waals surface area contributed by atoms with Crippen molar-refractivity contribution in [1.82, 2.24) is 36.8 Å². The van der Waals surface area contributed by atoms with E-state index in [2.05, 4.69) is 36.9 Å². The summed E-state index contributed by atoms with van der Waals surface area (Å²) in [5.41, 5.74) is 22.3. The maximum atomic E-state index is 13.8. The van der Waals surface area contributed by atoms with Crippen LogP contribution in [-0.2, 0) is 43.2 Å². The minimum Gasteiger partial charge on any atom is -0.481 e. The van der Waals surface area contributed by atoms with Gasteiger partial charge in [-0.1, -0.05) is 41.5 Å². The lowest BCUT2D eigenvalue weighted by Crippen LogP contribution is -2.59. The zero-order chi connectivity index (χ0) is 48.7. The molecule has 7 atom stereocenters. The molecule has 364 valence electrons. The van der Waals surface area contributed by atoms with Gasteiger partial charge < -0.3 is 69.9 Å². The van der Waals surface area contributed by atoms with Crippen LogP contribution >= 0.6 is 0 Å². The molecule has 1 heterocycles. The summed E-state index contributed by atoms with van der Waals surface area (Å²) in [6.07, 6.45) is 1.97. The molecule has 23 heteroatoms. The molecule has 1 aliphatic heterocycles. The van der Waals surface area contributed by atoms with Crippen LogP contribution in [0.5, 0.6) is 0 Å². The zero-order valence-electron chi connectivity index (χ0n) is 38.2. The van der Waals surface area contributed by atoms with E-state index in [1.54, 1.807) is 41.5 Å². The zero-order valence-corrected chi connectivity index (χ0v) is 38.2. The van der Waals surface area contributed by atoms with E-state index < -0.39 is 109 Å². The topological polar surface area (TPSA) is 386 Å². The maximum Gasteiger partial charge on any atom is 0.326 e. The van der Waals surface area contributed by atoms with Crippen molar-refractivity contribution < 1.29 is 53.4 Å². The van der Waals surface area contributed by atoms with E-state index in [9.17, 15) is 53.4 Å². The molecule has 0 radical (unpaired) electrons. The number of likely N-dealkylation sites (tertiary alicyclic amines) is 1. The van der Waals surface area contributed by atoms with Crippen LogP contribution in [0.1, 0.15) is 112 Å². The molecule has 1 fully saturated rings. The average Bonchev–Trinajstić information content (AvgIpc) is 3.69. The van der Waals surface area contributed by atoms with Gasteiger partial charge in [-0.25, -0.2) is 4.79 Å². The Balaban J connectivity index is 3.12. The van der Waals surface area contributed by atoms with Crippen LogP contribution in [0.2, 0.25) is 0 Å². The Hall–Kier alpha value is -5.58. The quantitative estimate of drug-likeness (QED) is 0.0205. The van der Waals surface area contributed by atoms with E-state index in [0.717, 1.165) is 0 Å². The molecule has 1 saturated heterocycles. The standard InChI is InChI=1S/C41H74N12O11/c1-22(2)17-27(48-32(54)21-47-38(61)31-13-10-16-53(31)39(62)25(43)11-9-15-46-41(44)45)34(57)50-29(19-24(5)6)36(59)52-30(20-33(55)56)37(60)51-28(18-23(3)4)35(58)49-26(40(63)64)12-7-8-14-42/h22-31H,7-21,42-43H2,1-6H3,(H,47,61)(H,48,54)(H,49,58)(H,50,57)(H,51,60)(H,52,59)(H,55,56)(H,63,64)(H4,44,45,46)/t25-,26-,27-,28-,29-,30-,31-/m0/s1. The number of nitrogens with two attached hydrogens (primary N) is 4. The van der Waals surface area contributed by atoms with Gasteiger partial charge in [-0.3, -0.25) is 43.3 Å². The molecular weight excluding hydrogens is 837 g/mol. The van der Waals surface area contributed by atoms with Gasteiger partial charge >= 0.3 is 11.9 Å². The monoisotopic (exact) mass is 911 g/mol. The molecule has 0 bridgehead atoms. The number of carboxylic acids is 2. The van der Waals surface area contributed by atoms with Gasteiger partial charge in [0.25, 0.3) is 0 Å². The summed E-state index contributed by atoms with van der Waals surface area (Å²) in [6.45, 7) is 11.0. The summed E-state index contributed by atoms with van der Waals surface area (Å²) < 4.78 is 0. The number of nitrogens with one attached hydrogen (secondary N) is 6. The number of carbonyl (C=O) groups is 9. The number of nitrogens with zero attached hydrogens (tertiary/aromatic N) is 2. The van der Waals surface area contributed by atoms with E-state index in [0.29, 0.717) is 45.2 Å². The lowest BCUT2D eigenvalue weighted by Gasteiger charge is -2.28. The minimum atomic E-state index is -1.72. The first-order chi connectivity index (χ1) is 30.0. The third-order valence-corrected chi connectivity index (χ3v) is 10.2. The average molecular weight is 911 g/mol. The van der Waals surface area contributed by atoms with Gasteiger partial charge in [-0.2, -0.15) is 0 Å². The first kappa shape index (κ1) is 56.4. The molecule has 0 aromatic carbocycles. The fourth-order valence-electron chi connectivity index (χ4n) is 7.02. The number of hydrogen-bond acceptors (Lipinski definition) is 12. The van der Waals surface area contributed by atoms with Gasteiger partial charge in [0.15, 0.2) is 5.96 Å². The van der Waals surface area contributed by atoms with Gasteiger partial charge in [0.05, 0.1) is 19.0 Å². The van der Waals surface area contributed by atoms with E-state index in [4.69, 9.17) is 22.9 Å². The van der Waals surface area contributed by atoms with Crippen molar-refractivity contribution in [3.63, 3.8) is 0 Å². The SMILES string of the molecule is CC(C)C[C@H](NC(=O)CNC(=O)[C@@H]1CCCN1C(=O)[C@@H](N)CCCN=C(N)N)C(=O)N[C@@H](CC(C)C)C(=O)N[C@@H](CC(=O)O)C(=O)N[C@@H](CC(C)C)C(=O)N[C@@H](CCCCN)C(=O)O. The number of aliphatic imine (C=N–C) groups is 1. The molecule has 23 nitrogen and oxygen atoms in total.